The summed E-state index contributed by atoms with van der Waals surface area (Å²) >= 11 is 1.61. The van der Waals surface area contributed by atoms with E-state index < -0.39 is 4.92 Å². The molecule has 5 nitrogen and oxygen atoms in total. The normalized spacial score (nSPS) is 16.2. The van der Waals surface area contributed by atoms with Gasteiger partial charge in [0.15, 0.2) is 0 Å². The number of hydrogen-bond acceptors (Lipinski definition) is 5. The Hall–Kier alpha value is -1.58. The number of thioether (sulfide) groups is 1. The zero-order valence-corrected chi connectivity index (χ0v) is 10.5. The monoisotopic (exact) mass is 264 g/mol. The molecule has 0 unspecified atom stereocenters. The Balaban J connectivity index is 2.17. The van der Waals surface area contributed by atoms with Crippen LogP contribution in [0.25, 0.3) is 0 Å². The summed E-state index contributed by atoms with van der Waals surface area (Å²) in [4.78, 5) is 11.0. The van der Waals surface area contributed by atoms with E-state index in [4.69, 9.17) is 10.00 Å². The van der Waals surface area contributed by atoms with Gasteiger partial charge in [0.05, 0.1) is 10.5 Å². The van der Waals surface area contributed by atoms with Crippen LogP contribution in [0.5, 0.6) is 0 Å². The van der Waals surface area contributed by atoms with Crippen molar-refractivity contribution in [1.29, 1.82) is 5.26 Å². The summed E-state index contributed by atoms with van der Waals surface area (Å²) in [7, 11) is 0. The van der Waals surface area contributed by atoms with Gasteiger partial charge in [0.1, 0.15) is 6.07 Å². The zero-order chi connectivity index (χ0) is 13.0. The number of benzene rings is 1. The number of non-ortho nitro benzene ring substituents is 1. The van der Waals surface area contributed by atoms with Crippen LogP contribution < -0.4 is 0 Å². The van der Waals surface area contributed by atoms with Gasteiger partial charge in [0.25, 0.3) is 5.69 Å². The molecule has 0 saturated carbocycles. The Morgan fingerprint density at radius 2 is 2.17 bits per heavy atom. The van der Waals surface area contributed by atoms with Gasteiger partial charge in [-0.1, -0.05) is 0 Å². The third-order valence-corrected chi connectivity index (χ3v) is 4.17. The van der Waals surface area contributed by atoms with Crippen molar-refractivity contribution in [1.82, 2.24) is 0 Å². The third-order valence-electron chi connectivity index (χ3n) is 2.76. The van der Waals surface area contributed by atoms with Crippen LogP contribution in [0.2, 0.25) is 0 Å². The molecule has 0 aromatic heterocycles. The van der Waals surface area contributed by atoms with E-state index in [1.165, 1.54) is 12.1 Å². The highest BCUT2D eigenvalue weighted by molar-refractivity contribution is 8.00. The Kier molecular flexibility index (Phi) is 4.18. The zero-order valence-electron chi connectivity index (χ0n) is 9.67. The van der Waals surface area contributed by atoms with Gasteiger partial charge in [-0.05, 0) is 18.9 Å². The summed E-state index contributed by atoms with van der Waals surface area (Å²) in [6, 6.07) is 6.47. The first-order valence-electron chi connectivity index (χ1n) is 5.63. The number of nitriles is 1. The minimum absolute atomic E-state index is 0.0390. The molecule has 0 aliphatic carbocycles. The van der Waals surface area contributed by atoms with Crippen LogP contribution in [0.4, 0.5) is 5.69 Å². The van der Waals surface area contributed by atoms with Gasteiger partial charge < -0.3 is 4.74 Å². The second-order valence-electron chi connectivity index (χ2n) is 3.98. The first kappa shape index (κ1) is 12.9. The Labute approximate surface area is 109 Å². The molecule has 1 aliphatic heterocycles. The number of rotatable bonds is 3. The molecule has 0 bridgehead atoms. The van der Waals surface area contributed by atoms with Crippen LogP contribution in [-0.4, -0.2) is 23.4 Å². The van der Waals surface area contributed by atoms with E-state index in [9.17, 15) is 10.1 Å². The highest BCUT2D eigenvalue weighted by Crippen LogP contribution is 2.33. The molecule has 1 aromatic carbocycles. The minimum Gasteiger partial charge on any atom is -0.381 e. The molecule has 0 spiro atoms. The summed E-state index contributed by atoms with van der Waals surface area (Å²) in [5.74, 6) is 0. The first-order chi connectivity index (χ1) is 8.70. The second-order valence-corrected chi connectivity index (χ2v) is 5.32. The molecule has 2 rings (SSSR count). The SMILES string of the molecule is N#Cc1cc([N+](=O)[O-])ccc1SC1CCOCC1. The summed E-state index contributed by atoms with van der Waals surface area (Å²) in [6.45, 7) is 1.49. The number of hydrogen-bond donors (Lipinski definition) is 0. The van der Waals surface area contributed by atoms with Gasteiger partial charge in [0.2, 0.25) is 0 Å². The summed E-state index contributed by atoms with van der Waals surface area (Å²) in [5, 5.41) is 20.1. The van der Waals surface area contributed by atoms with Gasteiger partial charge in [-0.25, -0.2) is 0 Å². The lowest BCUT2D eigenvalue weighted by molar-refractivity contribution is -0.384. The summed E-state index contributed by atoms with van der Waals surface area (Å²) in [6.07, 6.45) is 1.90. The maximum absolute atomic E-state index is 10.6. The standard InChI is InChI=1S/C12H12N2O3S/c13-8-9-7-10(14(15)16)1-2-12(9)18-11-3-5-17-6-4-11/h1-2,7,11H,3-6H2. The third kappa shape index (κ3) is 3.00. The maximum atomic E-state index is 10.6. The second kappa shape index (κ2) is 5.85. The van der Waals surface area contributed by atoms with Crippen molar-refractivity contribution in [3.05, 3.63) is 33.9 Å². The van der Waals surface area contributed by atoms with Gasteiger partial charge >= 0.3 is 0 Å². The lowest BCUT2D eigenvalue weighted by atomic mass is 10.2. The fourth-order valence-corrected chi connectivity index (χ4v) is 2.96. The molecule has 6 heteroatoms. The lowest BCUT2D eigenvalue weighted by Gasteiger charge is -2.21. The van der Waals surface area contributed by atoms with E-state index in [2.05, 4.69) is 0 Å². The van der Waals surface area contributed by atoms with Gasteiger partial charge in [-0.3, -0.25) is 10.1 Å². The molecule has 1 aliphatic rings. The average Bonchev–Trinajstić information content (AvgIpc) is 2.40. The largest absolute Gasteiger partial charge is 0.381 e. The van der Waals surface area contributed by atoms with Crippen molar-refractivity contribution in [2.24, 2.45) is 0 Å². The number of nitrogens with zero attached hydrogens (tertiary/aromatic N) is 2. The number of nitro groups is 1. The van der Waals surface area contributed by atoms with E-state index in [-0.39, 0.29) is 5.69 Å². The van der Waals surface area contributed by atoms with Crippen molar-refractivity contribution in [2.75, 3.05) is 13.2 Å². The highest BCUT2D eigenvalue weighted by Gasteiger charge is 2.18. The van der Waals surface area contributed by atoms with Crippen molar-refractivity contribution < 1.29 is 9.66 Å². The summed E-state index contributed by atoms with van der Waals surface area (Å²) < 4.78 is 5.28. The average molecular weight is 264 g/mol. The number of nitro benzene ring substituents is 1. The molecule has 1 heterocycles. The van der Waals surface area contributed by atoms with Gasteiger partial charge in [-0.15, -0.1) is 11.8 Å². The maximum Gasteiger partial charge on any atom is 0.270 e. The van der Waals surface area contributed by atoms with E-state index in [1.807, 2.05) is 6.07 Å². The van der Waals surface area contributed by atoms with Crippen LogP contribution >= 0.6 is 11.8 Å². The minimum atomic E-state index is -0.482. The van der Waals surface area contributed by atoms with Crippen molar-refractivity contribution in [3.8, 4) is 6.07 Å². The van der Waals surface area contributed by atoms with Crippen molar-refractivity contribution in [2.45, 2.75) is 23.0 Å². The van der Waals surface area contributed by atoms with Crippen LogP contribution in [0.3, 0.4) is 0 Å². The Morgan fingerprint density at radius 3 is 2.78 bits per heavy atom. The molecule has 94 valence electrons. The predicted molar refractivity (Wildman–Crippen MR) is 67.5 cm³/mol. The van der Waals surface area contributed by atoms with E-state index in [1.54, 1.807) is 17.8 Å². The molecule has 0 radical (unpaired) electrons. The molecule has 1 aromatic rings. The van der Waals surface area contributed by atoms with Crippen LogP contribution in [0, 0.1) is 21.4 Å². The molecule has 0 N–H and O–H groups in total. The Morgan fingerprint density at radius 1 is 1.44 bits per heavy atom. The Bertz CT molecular complexity index is 493. The van der Waals surface area contributed by atoms with Crippen LogP contribution in [0.1, 0.15) is 18.4 Å². The predicted octanol–water partition coefficient (Wildman–Crippen LogP) is 2.74. The molecule has 0 amide bonds. The molecule has 1 fully saturated rings. The smallest absolute Gasteiger partial charge is 0.270 e. The number of ether oxygens (including phenoxy) is 1. The van der Waals surface area contributed by atoms with Crippen molar-refractivity contribution >= 4 is 17.4 Å². The fourth-order valence-electron chi connectivity index (χ4n) is 1.80. The van der Waals surface area contributed by atoms with E-state index in [0.717, 1.165) is 31.0 Å². The highest BCUT2D eigenvalue weighted by atomic mass is 32.2. The van der Waals surface area contributed by atoms with E-state index in [0.29, 0.717) is 10.8 Å². The lowest BCUT2D eigenvalue weighted by Crippen LogP contribution is -2.17. The van der Waals surface area contributed by atoms with Crippen molar-refractivity contribution in [3.63, 3.8) is 0 Å². The molecular weight excluding hydrogens is 252 g/mol. The van der Waals surface area contributed by atoms with Gasteiger partial charge in [-0.2, -0.15) is 5.26 Å². The molecule has 0 atom stereocenters. The van der Waals surface area contributed by atoms with E-state index >= 15 is 0 Å². The molecule has 1 saturated heterocycles. The molecule has 18 heavy (non-hydrogen) atoms. The topological polar surface area (TPSA) is 76.2 Å². The quantitative estimate of drug-likeness (QED) is 0.619. The first-order valence-corrected chi connectivity index (χ1v) is 6.51. The summed E-state index contributed by atoms with van der Waals surface area (Å²) in [5.41, 5.74) is 0.337. The van der Waals surface area contributed by atoms with Crippen LogP contribution in [-0.2, 0) is 4.74 Å². The fraction of sp³-hybridized carbons (Fsp3) is 0.417. The van der Waals surface area contributed by atoms with Gasteiger partial charge in [0, 0.05) is 35.5 Å². The molecular formula is C12H12N2O3S. The van der Waals surface area contributed by atoms with Crippen LogP contribution in [0.15, 0.2) is 23.1 Å².